The van der Waals surface area contributed by atoms with Crippen molar-refractivity contribution in [3.63, 3.8) is 0 Å². The van der Waals surface area contributed by atoms with Crippen molar-refractivity contribution >= 4 is 45.4 Å². The number of hydrogen-bond donors (Lipinski definition) is 1. The molecule has 0 saturated carbocycles. The van der Waals surface area contributed by atoms with Crippen LogP contribution in [-0.2, 0) is 15.9 Å². The summed E-state index contributed by atoms with van der Waals surface area (Å²) in [5.41, 5.74) is 1.82. The Balaban J connectivity index is 2.11. The first-order chi connectivity index (χ1) is 15.8. The SMILES string of the molecule is CC[S+]([O-])c1oc2c([C@@H](C)Nc3ccc(Cl)nc3C(=O)OC(C)(C)C)cc(C)cc2c(=O)c1C. The van der Waals surface area contributed by atoms with Crippen molar-refractivity contribution in [1.82, 2.24) is 4.98 Å². The van der Waals surface area contributed by atoms with Gasteiger partial charge in [-0.15, -0.1) is 0 Å². The molecule has 34 heavy (non-hydrogen) atoms. The van der Waals surface area contributed by atoms with E-state index >= 15 is 0 Å². The number of benzene rings is 1. The molecule has 0 aliphatic carbocycles. The summed E-state index contributed by atoms with van der Waals surface area (Å²) in [4.78, 5) is 30.0. The van der Waals surface area contributed by atoms with E-state index in [2.05, 4.69) is 10.3 Å². The number of nitrogens with one attached hydrogen (secondary N) is 1. The van der Waals surface area contributed by atoms with E-state index in [0.29, 0.717) is 33.5 Å². The summed E-state index contributed by atoms with van der Waals surface area (Å²) < 4.78 is 24.1. The molecule has 2 atom stereocenters. The summed E-state index contributed by atoms with van der Waals surface area (Å²) in [6, 6.07) is 6.48. The molecular weight excluding hydrogens is 476 g/mol. The van der Waals surface area contributed by atoms with Gasteiger partial charge < -0.3 is 19.0 Å². The molecule has 0 spiro atoms. The fourth-order valence-electron chi connectivity index (χ4n) is 3.56. The van der Waals surface area contributed by atoms with Crippen LogP contribution in [-0.4, -0.2) is 26.9 Å². The van der Waals surface area contributed by atoms with Crippen LogP contribution in [0, 0.1) is 13.8 Å². The van der Waals surface area contributed by atoms with Gasteiger partial charge in [-0.1, -0.05) is 17.7 Å². The van der Waals surface area contributed by atoms with Crippen LogP contribution in [0.2, 0.25) is 5.15 Å². The number of aromatic nitrogens is 1. The van der Waals surface area contributed by atoms with Crippen molar-refractivity contribution in [2.45, 2.75) is 65.2 Å². The number of pyridine rings is 1. The number of aryl methyl sites for hydroxylation is 1. The molecule has 0 amide bonds. The Morgan fingerprint density at radius 3 is 2.59 bits per heavy atom. The average Bonchev–Trinajstić information content (AvgIpc) is 2.75. The molecule has 1 aromatic carbocycles. The maximum Gasteiger partial charge on any atom is 0.359 e. The number of hydrogen-bond acceptors (Lipinski definition) is 7. The molecule has 7 nitrogen and oxygen atoms in total. The van der Waals surface area contributed by atoms with Crippen LogP contribution in [0.1, 0.15) is 67.8 Å². The number of halogens is 1. The minimum Gasteiger partial charge on any atom is -0.609 e. The van der Waals surface area contributed by atoms with Crippen LogP contribution in [0.4, 0.5) is 5.69 Å². The van der Waals surface area contributed by atoms with Crippen LogP contribution < -0.4 is 10.7 Å². The van der Waals surface area contributed by atoms with E-state index in [0.717, 1.165) is 5.56 Å². The molecule has 0 aliphatic rings. The Morgan fingerprint density at radius 2 is 1.97 bits per heavy atom. The number of anilines is 1. The molecule has 2 heterocycles. The van der Waals surface area contributed by atoms with Gasteiger partial charge in [0.2, 0.25) is 5.43 Å². The quantitative estimate of drug-likeness (QED) is 0.260. The third-order valence-electron chi connectivity index (χ3n) is 5.11. The molecule has 1 unspecified atom stereocenters. The Hall–Kier alpha value is -2.55. The lowest BCUT2D eigenvalue weighted by atomic mass is 10.0. The average molecular weight is 505 g/mol. The first-order valence-corrected chi connectivity index (χ1v) is 12.6. The highest BCUT2D eigenvalue weighted by molar-refractivity contribution is 7.91. The first-order valence-electron chi connectivity index (χ1n) is 10.9. The highest BCUT2D eigenvalue weighted by Gasteiger charge is 2.26. The molecule has 3 aromatic rings. The van der Waals surface area contributed by atoms with Gasteiger partial charge in [0.15, 0.2) is 5.69 Å². The lowest BCUT2D eigenvalue weighted by molar-refractivity contribution is 0.00640. The zero-order valence-electron chi connectivity index (χ0n) is 20.4. The summed E-state index contributed by atoms with van der Waals surface area (Å²) in [5.74, 6) is -0.276. The minimum atomic E-state index is -1.43. The lowest BCUT2D eigenvalue weighted by Gasteiger charge is -2.22. The third kappa shape index (κ3) is 5.56. The number of rotatable bonds is 6. The van der Waals surface area contributed by atoms with Crippen molar-refractivity contribution < 1.29 is 18.5 Å². The van der Waals surface area contributed by atoms with E-state index in [9.17, 15) is 14.1 Å². The number of esters is 1. The zero-order chi connectivity index (χ0) is 25.4. The maximum atomic E-state index is 13.1. The molecule has 9 heteroatoms. The van der Waals surface area contributed by atoms with E-state index in [1.807, 2.05) is 19.9 Å². The van der Waals surface area contributed by atoms with Crippen molar-refractivity contribution in [2.24, 2.45) is 0 Å². The highest BCUT2D eigenvalue weighted by Crippen LogP contribution is 2.31. The van der Waals surface area contributed by atoms with Crippen LogP contribution in [0.3, 0.4) is 0 Å². The molecule has 0 aliphatic heterocycles. The highest BCUT2D eigenvalue weighted by atomic mass is 35.5. The van der Waals surface area contributed by atoms with E-state index in [1.165, 1.54) is 0 Å². The van der Waals surface area contributed by atoms with Crippen LogP contribution in [0.5, 0.6) is 0 Å². The standard InChI is InChI=1S/C25H29ClN2O5S/c1-8-34(31)24-14(3)21(29)17-12-13(2)11-16(22(17)32-24)15(4)27-18-9-10-19(26)28-20(18)23(30)33-25(5,6)7/h9-12,15,27H,8H2,1-7H3/t15-,34?/m1/s1. The Kier molecular flexibility index (Phi) is 7.65. The monoisotopic (exact) mass is 504 g/mol. The fraction of sp³-hybridized carbons (Fsp3) is 0.400. The minimum absolute atomic E-state index is 0.0521. The fourth-order valence-corrected chi connectivity index (χ4v) is 4.58. The summed E-state index contributed by atoms with van der Waals surface area (Å²) in [5, 5.41) is 4.03. The number of nitrogens with zero attached hydrogens (tertiary/aromatic N) is 1. The van der Waals surface area contributed by atoms with Gasteiger partial charge in [-0.05, 0) is 72.2 Å². The second-order valence-corrected chi connectivity index (χ2v) is 11.1. The van der Waals surface area contributed by atoms with Gasteiger partial charge in [0.25, 0.3) is 0 Å². The molecule has 0 fully saturated rings. The normalized spacial score (nSPS) is 13.6. The molecule has 0 saturated heterocycles. The maximum absolute atomic E-state index is 13.1. The number of ether oxygens (including phenoxy) is 1. The van der Waals surface area contributed by atoms with Crippen LogP contribution in [0.15, 0.2) is 38.6 Å². The van der Waals surface area contributed by atoms with Gasteiger partial charge in [0.05, 0.1) is 22.7 Å². The summed E-state index contributed by atoms with van der Waals surface area (Å²) in [6.45, 7) is 12.5. The second-order valence-electron chi connectivity index (χ2n) is 9.11. The van der Waals surface area contributed by atoms with Crippen molar-refractivity contribution in [2.75, 3.05) is 11.1 Å². The second kappa shape index (κ2) is 9.98. The van der Waals surface area contributed by atoms with Gasteiger partial charge in [-0.2, -0.15) is 0 Å². The van der Waals surface area contributed by atoms with Gasteiger partial charge >= 0.3 is 11.1 Å². The van der Waals surface area contributed by atoms with E-state index in [4.69, 9.17) is 20.8 Å². The molecule has 1 N–H and O–H groups in total. The Labute approximate surface area is 207 Å². The Bertz CT molecular complexity index is 1300. The molecule has 3 rings (SSSR count). The first kappa shape index (κ1) is 26.1. The number of carbonyl (C=O) groups excluding carboxylic acids is 1. The number of fused-ring (bicyclic) bond motifs is 1. The summed E-state index contributed by atoms with van der Waals surface area (Å²) in [7, 11) is 0. The van der Waals surface area contributed by atoms with Crippen molar-refractivity contribution in [1.29, 1.82) is 0 Å². The van der Waals surface area contributed by atoms with E-state index in [1.54, 1.807) is 52.8 Å². The summed E-state index contributed by atoms with van der Waals surface area (Å²) >= 11 is 4.62. The third-order valence-corrected chi connectivity index (χ3v) is 6.65. The molecule has 0 bridgehead atoms. The molecule has 182 valence electrons. The summed E-state index contributed by atoms with van der Waals surface area (Å²) in [6.07, 6.45) is 0. The van der Waals surface area contributed by atoms with Crippen molar-refractivity contribution in [3.05, 3.63) is 62.0 Å². The van der Waals surface area contributed by atoms with Crippen molar-refractivity contribution in [3.8, 4) is 0 Å². The van der Waals surface area contributed by atoms with E-state index in [-0.39, 0.29) is 21.4 Å². The molecule has 2 aromatic heterocycles. The predicted octanol–water partition coefficient (Wildman–Crippen LogP) is 5.71. The predicted molar refractivity (Wildman–Crippen MR) is 135 cm³/mol. The lowest BCUT2D eigenvalue weighted by Crippen LogP contribution is -2.25. The molecule has 0 radical (unpaired) electrons. The van der Waals surface area contributed by atoms with E-state index < -0.39 is 28.8 Å². The molecular formula is C25H29ClN2O5S. The van der Waals surface area contributed by atoms with Gasteiger partial charge in [0, 0.05) is 16.7 Å². The van der Waals surface area contributed by atoms with Gasteiger partial charge in [-0.3, -0.25) is 4.79 Å². The van der Waals surface area contributed by atoms with Crippen LogP contribution in [0.25, 0.3) is 11.0 Å². The number of carbonyl (C=O) groups is 1. The van der Waals surface area contributed by atoms with Crippen LogP contribution >= 0.6 is 11.6 Å². The smallest absolute Gasteiger partial charge is 0.359 e. The topological polar surface area (TPSA) is 104 Å². The zero-order valence-corrected chi connectivity index (χ0v) is 21.9. The Morgan fingerprint density at radius 1 is 1.29 bits per heavy atom. The van der Waals surface area contributed by atoms with Gasteiger partial charge in [0.1, 0.15) is 22.1 Å². The largest absolute Gasteiger partial charge is 0.609 e. The van der Waals surface area contributed by atoms with Gasteiger partial charge in [-0.25, -0.2) is 9.78 Å².